The highest BCUT2D eigenvalue weighted by atomic mass is 35.5. The highest BCUT2D eigenvalue weighted by Crippen LogP contribution is 2.21. The first kappa shape index (κ1) is 18.4. The van der Waals surface area contributed by atoms with E-state index in [4.69, 9.17) is 0 Å². The van der Waals surface area contributed by atoms with Crippen molar-refractivity contribution in [3.05, 3.63) is 12.2 Å². The summed E-state index contributed by atoms with van der Waals surface area (Å²) in [6.07, 6.45) is 5.64. The van der Waals surface area contributed by atoms with Crippen molar-refractivity contribution in [2.75, 3.05) is 26.7 Å². The molecule has 21 heavy (non-hydrogen) atoms. The monoisotopic (exact) mass is 315 g/mol. The lowest BCUT2D eigenvalue weighted by molar-refractivity contribution is 0.166. The smallest absolute Gasteiger partial charge is 0.141 e. The van der Waals surface area contributed by atoms with Crippen molar-refractivity contribution in [1.29, 1.82) is 0 Å². The van der Waals surface area contributed by atoms with Crippen LogP contribution in [-0.2, 0) is 13.1 Å². The fraction of sp³-hybridized carbons (Fsp3) is 0.867. The zero-order valence-electron chi connectivity index (χ0n) is 13.6. The summed E-state index contributed by atoms with van der Waals surface area (Å²) in [6.45, 7) is 9.90. The molecule has 1 saturated heterocycles. The lowest BCUT2D eigenvalue weighted by Crippen LogP contribution is -2.35. The van der Waals surface area contributed by atoms with Crippen LogP contribution in [0.3, 0.4) is 0 Å². The average Bonchev–Trinajstić information content (AvgIpc) is 2.84. The average molecular weight is 316 g/mol. The van der Waals surface area contributed by atoms with E-state index in [2.05, 4.69) is 38.8 Å². The van der Waals surface area contributed by atoms with Gasteiger partial charge in [-0.05, 0) is 57.8 Å². The maximum atomic E-state index is 4.43. The Kier molecular flexibility index (Phi) is 8.22. The van der Waals surface area contributed by atoms with Gasteiger partial charge in [0.15, 0.2) is 0 Å². The van der Waals surface area contributed by atoms with Crippen LogP contribution in [0.15, 0.2) is 6.33 Å². The molecule has 1 N–H and O–H groups in total. The Labute approximate surface area is 134 Å². The molecule has 1 aliphatic heterocycles. The fourth-order valence-corrected chi connectivity index (χ4v) is 2.89. The summed E-state index contributed by atoms with van der Waals surface area (Å²) >= 11 is 0. The third kappa shape index (κ3) is 5.93. The number of aromatic nitrogens is 3. The Morgan fingerprint density at radius 3 is 2.67 bits per heavy atom. The topological polar surface area (TPSA) is 46.0 Å². The number of hydrogen-bond donors (Lipinski definition) is 1. The number of piperidine rings is 1. The molecule has 0 unspecified atom stereocenters. The van der Waals surface area contributed by atoms with Crippen molar-refractivity contribution < 1.29 is 0 Å². The van der Waals surface area contributed by atoms with Gasteiger partial charge in [0.25, 0.3) is 0 Å². The van der Waals surface area contributed by atoms with Crippen LogP contribution in [-0.4, -0.2) is 46.3 Å². The van der Waals surface area contributed by atoms with Gasteiger partial charge in [0, 0.05) is 6.54 Å². The van der Waals surface area contributed by atoms with Crippen LogP contribution in [0, 0.1) is 11.8 Å². The van der Waals surface area contributed by atoms with Crippen molar-refractivity contribution in [3.63, 3.8) is 0 Å². The summed E-state index contributed by atoms with van der Waals surface area (Å²) in [5.41, 5.74) is 0. The van der Waals surface area contributed by atoms with Gasteiger partial charge in [-0.15, -0.1) is 12.4 Å². The first-order valence-electron chi connectivity index (χ1n) is 7.92. The molecule has 2 heterocycles. The lowest BCUT2D eigenvalue weighted by Gasteiger charge is -2.31. The predicted octanol–water partition coefficient (Wildman–Crippen LogP) is 2.18. The molecule has 0 atom stereocenters. The van der Waals surface area contributed by atoms with Gasteiger partial charge in [-0.1, -0.05) is 13.8 Å². The maximum absolute atomic E-state index is 4.43. The number of hydrogen-bond acceptors (Lipinski definition) is 4. The number of nitrogens with one attached hydrogen (secondary N) is 1. The third-order valence-electron chi connectivity index (χ3n) is 4.11. The molecule has 0 bridgehead atoms. The summed E-state index contributed by atoms with van der Waals surface area (Å²) in [4.78, 5) is 6.96. The molecule has 0 amide bonds. The van der Waals surface area contributed by atoms with Crippen LogP contribution in [0.1, 0.15) is 38.9 Å². The predicted molar refractivity (Wildman–Crippen MR) is 88.7 cm³/mol. The standard InChI is InChI=1S/C15H29N5.ClH/c1-13(2)10-20-15(17-12-18-20)11-19-8-5-14(6-9-19)4-7-16-3;/h12-14,16H,4-11H2,1-3H3;1H. The summed E-state index contributed by atoms with van der Waals surface area (Å²) in [5.74, 6) is 2.63. The molecule has 0 spiro atoms. The number of halogens is 1. The van der Waals surface area contributed by atoms with E-state index in [1.165, 1.54) is 32.4 Å². The van der Waals surface area contributed by atoms with Crippen LogP contribution in [0.4, 0.5) is 0 Å². The molecule has 2 rings (SSSR count). The zero-order chi connectivity index (χ0) is 14.4. The molecule has 0 saturated carbocycles. The molecule has 0 aliphatic carbocycles. The number of likely N-dealkylation sites (tertiary alicyclic amines) is 1. The number of rotatable bonds is 7. The second-order valence-corrected chi connectivity index (χ2v) is 6.36. The second-order valence-electron chi connectivity index (χ2n) is 6.36. The van der Waals surface area contributed by atoms with Crippen LogP contribution < -0.4 is 5.32 Å². The molecule has 0 aromatic carbocycles. The lowest BCUT2D eigenvalue weighted by atomic mass is 9.93. The molecule has 1 aromatic rings. The van der Waals surface area contributed by atoms with Gasteiger partial charge >= 0.3 is 0 Å². The largest absolute Gasteiger partial charge is 0.320 e. The Bertz CT molecular complexity index is 385. The van der Waals surface area contributed by atoms with E-state index in [1.807, 2.05) is 7.05 Å². The van der Waals surface area contributed by atoms with Gasteiger partial charge in [0.2, 0.25) is 0 Å². The van der Waals surface area contributed by atoms with Gasteiger partial charge in [0.1, 0.15) is 12.2 Å². The quantitative estimate of drug-likeness (QED) is 0.837. The van der Waals surface area contributed by atoms with Gasteiger partial charge in [-0.2, -0.15) is 5.10 Å². The molecular weight excluding hydrogens is 286 g/mol. The molecule has 1 aliphatic rings. The highest BCUT2D eigenvalue weighted by Gasteiger charge is 2.20. The van der Waals surface area contributed by atoms with Crippen LogP contribution in [0.2, 0.25) is 0 Å². The van der Waals surface area contributed by atoms with Gasteiger partial charge in [-0.25, -0.2) is 9.67 Å². The van der Waals surface area contributed by atoms with Crippen molar-refractivity contribution in [1.82, 2.24) is 25.0 Å². The van der Waals surface area contributed by atoms with Gasteiger partial charge < -0.3 is 5.32 Å². The Morgan fingerprint density at radius 2 is 2.05 bits per heavy atom. The van der Waals surface area contributed by atoms with E-state index in [0.29, 0.717) is 5.92 Å². The van der Waals surface area contributed by atoms with E-state index >= 15 is 0 Å². The van der Waals surface area contributed by atoms with Crippen LogP contribution in [0.5, 0.6) is 0 Å². The molecule has 1 aromatic heterocycles. The third-order valence-corrected chi connectivity index (χ3v) is 4.11. The van der Waals surface area contributed by atoms with E-state index in [-0.39, 0.29) is 12.4 Å². The van der Waals surface area contributed by atoms with E-state index in [9.17, 15) is 0 Å². The minimum atomic E-state index is 0. The van der Waals surface area contributed by atoms with Crippen molar-refractivity contribution in [3.8, 4) is 0 Å². The summed E-state index contributed by atoms with van der Waals surface area (Å²) in [5, 5.41) is 7.60. The van der Waals surface area contributed by atoms with Crippen molar-refractivity contribution >= 4 is 12.4 Å². The summed E-state index contributed by atoms with van der Waals surface area (Å²) < 4.78 is 2.07. The minimum absolute atomic E-state index is 0. The fourth-order valence-electron chi connectivity index (χ4n) is 2.89. The second kappa shape index (κ2) is 9.38. The molecule has 6 heteroatoms. The zero-order valence-corrected chi connectivity index (χ0v) is 14.4. The van der Waals surface area contributed by atoms with E-state index in [1.54, 1.807) is 6.33 Å². The first-order chi connectivity index (χ1) is 9.69. The summed E-state index contributed by atoms with van der Waals surface area (Å²) in [6, 6.07) is 0. The maximum Gasteiger partial charge on any atom is 0.141 e. The van der Waals surface area contributed by atoms with Crippen LogP contribution >= 0.6 is 12.4 Å². The molecule has 0 radical (unpaired) electrons. The van der Waals surface area contributed by atoms with E-state index < -0.39 is 0 Å². The van der Waals surface area contributed by atoms with Crippen LogP contribution in [0.25, 0.3) is 0 Å². The number of nitrogens with zero attached hydrogens (tertiary/aromatic N) is 4. The normalized spacial score (nSPS) is 17.1. The SMILES string of the molecule is CNCCC1CCN(Cc2ncnn2CC(C)C)CC1.Cl. The van der Waals surface area contributed by atoms with Crippen molar-refractivity contribution in [2.45, 2.75) is 46.2 Å². The Balaban J connectivity index is 0.00000220. The van der Waals surface area contributed by atoms with E-state index in [0.717, 1.165) is 31.4 Å². The van der Waals surface area contributed by atoms with Gasteiger partial charge in [0.05, 0.1) is 6.54 Å². The molecule has 122 valence electrons. The Morgan fingerprint density at radius 1 is 1.33 bits per heavy atom. The Hall–Kier alpha value is -0.650. The van der Waals surface area contributed by atoms with Crippen molar-refractivity contribution in [2.24, 2.45) is 11.8 Å². The molecule has 5 nitrogen and oxygen atoms in total. The summed E-state index contributed by atoms with van der Waals surface area (Å²) in [7, 11) is 2.04. The minimum Gasteiger partial charge on any atom is -0.320 e. The van der Waals surface area contributed by atoms with Gasteiger partial charge in [-0.3, -0.25) is 4.90 Å². The highest BCUT2D eigenvalue weighted by molar-refractivity contribution is 5.85. The molecular formula is C15H30ClN5. The molecule has 1 fully saturated rings. The first-order valence-corrected chi connectivity index (χ1v) is 7.92.